The predicted octanol–water partition coefficient (Wildman–Crippen LogP) is 1.44. The average molecular weight is 227 g/mol. The van der Waals surface area contributed by atoms with Crippen LogP contribution in [0.2, 0.25) is 0 Å². The molecular weight excluding hydrogens is 206 g/mol. The van der Waals surface area contributed by atoms with Crippen molar-refractivity contribution in [1.29, 1.82) is 0 Å². The average Bonchev–Trinajstić information content (AvgIpc) is 2.26. The lowest BCUT2D eigenvalue weighted by molar-refractivity contribution is -0.150. The van der Waals surface area contributed by atoms with Crippen LogP contribution in [0.5, 0.6) is 0 Å². The fraction of sp³-hybridized carbons (Fsp3) is 0.833. The molecule has 1 rings (SSSR count). The number of hydrogen-bond acceptors (Lipinski definition) is 3. The van der Waals surface area contributed by atoms with Gasteiger partial charge in [-0.05, 0) is 12.8 Å². The molecule has 4 heteroatoms. The number of hydrogen-bond donors (Lipinski definition) is 0. The van der Waals surface area contributed by atoms with E-state index in [9.17, 15) is 9.59 Å². The summed E-state index contributed by atoms with van der Waals surface area (Å²) in [6.45, 7) is 6.96. The summed E-state index contributed by atoms with van der Waals surface area (Å²) in [6.07, 6.45) is 1.70. The first kappa shape index (κ1) is 13.0. The van der Waals surface area contributed by atoms with Crippen molar-refractivity contribution in [2.45, 2.75) is 33.6 Å². The van der Waals surface area contributed by atoms with Gasteiger partial charge in [-0.3, -0.25) is 9.59 Å². The minimum absolute atomic E-state index is 0.112. The summed E-state index contributed by atoms with van der Waals surface area (Å²) < 4.78 is 4.73. The van der Waals surface area contributed by atoms with E-state index in [1.54, 1.807) is 4.90 Å². The van der Waals surface area contributed by atoms with Crippen LogP contribution >= 0.6 is 0 Å². The third-order valence-corrected chi connectivity index (χ3v) is 2.88. The van der Waals surface area contributed by atoms with Crippen molar-refractivity contribution in [2.24, 2.45) is 11.3 Å². The quantitative estimate of drug-likeness (QED) is 0.637. The zero-order valence-electron chi connectivity index (χ0n) is 10.6. The number of amides is 1. The van der Waals surface area contributed by atoms with Crippen molar-refractivity contribution in [1.82, 2.24) is 4.90 Å². The molecule has 0 aromatic carbocycles. The maximum Gasteiger partial charge on any atom is 0.310 e. The van der Waals surface area contributed by atoms with Gasteiger partial charge in [-0.2, -0.15) is 0 Å². The van der Waals surface area contributed by atoms with Crippen LogP contribution in [-0.2, 0) is 14.3 Å². The van der Waals surface area contributed by atoms with Crippen molar-refractivity contribution in [3.05, 3.63) is 0 Å². The predicted molar refractivity (Wildman–Crippen MR) is 60.8 cm³/mol. The maximum atomic E-state index is 12.0. The number of likely N-dealkylation sites (tertiary alicyclic amines) is 1. The first-order chi connectivity index (χ1) is 7.36. The van der Waals surface area contributed by atoms with E-state index in [0.29, 0.717) is 6.54 Å². The molecule has 0 aromatic rings. The Bertz CT molecular complexity index is 280. The van der Waals surface area contributed by atoms with Gasteiger partial charge in [0.25, 0.3) is 0 Å². The third kappa shape index (κ3) is 2.97. The Kier molecular flexibility index (Phi) is 3.94. The Labute approximate surface area is 96.9 Å². The topological polar surface area (TPSA) is 46.6 Å². The highest BCUT2D eigenvalue weighted by atomic mass is 16.5. The van der Waals surface area contributed by atoms with Gasteiger partial charge in [-0.15, -0.1) is 0 Å². The number of rotatable bonds is 1. The van der Waals surface area contributed by atoms with E-state index in [-0.39, 0.29) is 23.2 Å². The van der Waals surface area contributed by atoms with E-state index in [1.807, 2.05) is 20.8 Å². The Morgan fingerprint density at radius 1 is 1.31 bits per heavy atom. The van der Waals surface area contributed by atoms with Crippen LogP contribution in [0.4, 0.5) is 0 Å². The first-order valence-electron chi connectivity index (χ1n) is 5.73. The number of piperidine rings is 1. The molecule has 16 heavy (non-hydrogen) atoms. The Morgan fingerprint density at radius 3 is 2.44 bits per heavy atom. The number of carbonyl (C=O) groups is 2. The van der Waals surface area contributed by atoms with Gasteiger partial charge in [-0.25, -0.2) is 0 Å². The Morgan fingerprint density at radius 2 is 1.94 bits per heavy atom. The van der Waals surface area contributed by atoms with Crippen LogP contribution in [0.1, 0.15) is 33.6 Å². The van der Waals surface area contributed by atoms with Crippen molar-refractivity contribution < 1.29 is 14.3 Å². The van der Waals surface area contributed by atoms with Crippen LogP contribution in [0.25, 0.3) is 0 Å². The number of carbonyl (C=O) groups excluding carboxylic acids is 2. The molecule has 1 aliphatic rings. The van der Waals surface area contributed by atoms with Gasteiger partial charge in [-0.1, -0.05) is 20.8 Å². The van der Waals surface area contributed by atoms with Gasteiger partial charge in [0.15, 0.2) is 0 Å². The molecule has 0 aromatic heterocycles. The maximum absolute atomic E-state index is 12.0. The second-order valence-electron chi connectivity index (χ2n) is 5.36. The number of nitrogens with zero attached hydrogens (tertiary/aromatic N) is 1. The molecule has 0 aliphatic carbocycles. The van der Waals surface area contributed by atoms with Crippen LogP contribution in [0, 0.1) is 11.3 Å². The summed E-state index contributed by atoms with van der Waals surface area (Å²) in [6, 6.07) is 0. The zero-order valence-corrected chi connectivity index (χ0v) is 10.6. The summed E-state index contributed by atoms with van der Waals surface area (Å²) in [5.41, 5.74) is -0.377. The summed E-state index contributed by atoms with van der Waals surface area (Å²) in [5, 5.41) is 0. The van der Waals surface area contributed by atoms with Crippen LogP contribution < -0.4 is 0 Å². The normalized spacial score (nSPS) is 21.8. The lowest BCUT2D eigenvalue weighted by Gasteiger charge is -2.35. The zero-order chi connectivity index (χ0) is 12.3. The van der Waals surface area contributed by atoms with Gasteiger partial charge in [0.05, 0.1) is 13.0 Å². The van der Waals surface area contributed by atoms with Gasteiger partial charge in [0, 0.05) is 18.5 Å². The lowest BCUT2D eigenvalue weighted by atomic mass is 9.91. The Hall–Kier alpha value is -1.06. The van der Waals surface area contributed by atoms with E-state index in [0.717, 1.165) is 19.4 Å². The second-order valence-corrected chi connectivity index (χ2v) is 5.36. The molecule has 0 spiro atoms. The fourth-order valence-electron chi connectivity index (χ4n) is 2.00. The highest BCUT2D eigenvalue weighted by Gasteiger charge is 2.33. The number of esters is 1. The first-order valence-corrected chi connectivity index (χ1v) is 5.73. The van der Waals surface area contributed by atoms with Gasteiger partial charge >= 0.3 is 5.97 Å². The van der Waals surface area contributed by atoms with Crippen molar-refractivity contribution in [3.8, 4) is 0 Å². The highest BCUT2D eigenvalue weighted by molar-refractivity contribution is 5.82. The van der Waals surface area contributed by atoms with Crippen LogP contribution in [0.3, 0.4) is 0 Å². The standard InChI is InChI=1S/C12H21NO3/c1-12(2,3)11(15)13-7-5-6-9(8-13)10(14)16-4/h9H,5-8H2,1-4H3/t9-/m0/s1. The lowest BCUT2D eigenvalue weighted by Crippen LogP contribution is -2.46. The largest absolute Gasteiger partial charge is 0.469 e. The number of ether oxygens (including phenoxy) is 1. The summed E-state index contributed by atoms with van der Waals surface area (Å²) in [4.78, 5) is 25.3. The fourth-order valence-corrected chi connectivity index (χ4v) is 2.00. The smallest absolute Gasteiger partial charge is 0.310 e. The van der Waals surface area contributed by atoms with Crippen molar-refractivity contribution in [3.63, 3.8) is 0 Å². The van der Waals surface area contributed by atoms with E-state index in [4.69, 9.17) is 4.74 Å². The van der Waals surface area contributed by atoms with E-state index in [2.05, 4.69) is 0 Å². The molecule has 92 valence electrons. The SMILES string of the molecule is COC(=O)[C@H]1CCCN(C(=O)C(C)(C)C)C1. The molecule has 1 atom stereocenters. The van der Waals surface area contributed by atoms with E-state index in [1.165, 1.54) is 7.11 Å². The molecule has 1 heterocycles. The summed E-state index contributed by atoms with van der Waals surface area (Å²) in [7, 11) is 1.40. The third-order valence-electron chi connectivity index (χ3n) is 2.88. The van der Waals surface area contributed by atoms with E-state index >= 15 is 0 Å². The molecule has 0 saturated carbocycles. The minimum Gasteiger partial charge on any atom is -0.469 e. The molecule has 1 aliphatic heterocycles. The molecule has 0 bridgehead atoms. The van der Waals surface area contributed by atoms with E-state index < -0.39 is 0 Å². The molecule has 1 fully saturated rings. The van der Waals surface area contributed by atoms with Crippen LogP contribution in [-0.4, -0.2) is 37.0 Å². The molecular formula is C12H21NO3. The number of methoxy groups -OCH3 is 1. The summed E-state index contributed by atoms with van der Waals surface area (Å²) in [5.74, 6) is -0.238. The van der Waals surface area contributed by atoms with Gasteiger partial charge in [0.1, 0.15) is 0 Å². The van der Waals surface area contributed by atoms with Gasteiger partial charge in [0.2, 0.25) is 5.91 Å². The molecule has 4 nitrogen and oxygen atoms in total. The highest BCUT2D eigenvalue weighted by Crippen LogP contribution is 2.23. The Balaban J connectivity index is 2.64. The molecule has 0 radical (unpaired) electrons. The molecule has 0 N–H and O–H groups in total. The molecule has 1 saturated heterocycles. The van der Waals surface area contributed by atoms with Crippen LogP contribution in [0.15, 0.2) is 0 Å². The van der Waals surface area contributed by atoms with Gasteiger partial charge < -0.3 is 9.64 Å². The molecule has 1 amide bonds. The monoisotopic (exact) mass is 227 g/mol. The molecule has 0 unspecified atom stereocenters. The summed E-state index contributed by atoms with van der Waals surface area (Å²) >= 11 is 0. The minimum atomic E-state index is -0.377. The van der Waals surface area contributed by atoms with Crippen molar-refractivity contribution in [2.75, 3.05) is 20.2 Å². The van der Waals surface area contributed by atoms with Crippen molar-refractivity contribution >= 4 is 11.9 Å². The second kappa shape index (κ2) is 4.85.